The monoisotopic (exact) mass is 397 g/mol. The number of benzene rings is 2. The zero-order valence-electron chi connectivity index (χ0n) is 12.9. The lowest BCUT2D eigenvalue weighted by Crippen LogP contribution is -2.00. The van der Waals surface area contributed by atoms with Gasteiger partial charge in [-0.15, -0.1) is 5.10 Å². The van der Waals surface area contributed by atoms with Crippen LogP contribution in [-0.4, -0.2) is 28.2 Å². The van der Waals surface area contributed by atoms with Crippen molar-refractivity contribution in [1.82, 2.24) is 15.2 Å². The predicted octanol–water partition coefficient (Wildman–Crippen LogP) is 3.48. The molecule has 0 unspecified atom stereocenters. The second-order valence-corrected chi connectivity index (χ2v) is 5.98. The molecule has 124 valence electrons. The van der Waals surface area contributed by atoms with Gasteiger partial charge in [0.2, 0.25) is 6.79 Å². The van der Waals surface area contributed by atoms with E-state index in [9.17, 15) is 0 Å². The molecule has 1 aliphatic rings. The first kappa shape index (κ1) is 15.5. The number of nitrogens with one attached hydrogen (secondary N) is 1. The molecule has 0 fully saturated rings. The van der Waals surface area contributed by atoms with E-state index in [1.54, 1.807) is 12.4 Å². The fourth-order valence-corrected chi connectivity index (χ4v) is 2.72. The molecule has 1 aromatic heterocycles. The van der Waals surface area contributed by atoms with E-state index in [-0.39, 0.29) is 6.79 Å². The molecule has 2 heterocycles. The van der Waals surface area contributed by atoms with Gasteiger partial charge in [-0.2, -0.15) is 10.2 Å². The van der Waals surface area contributed by atoms with Crippen LogP contribution in [0, 0.1) is 0 Å². The van der Waals surface area contributed by atoms with Crippen LogP contribution in [0.1, 0.15) is 5.56 Å². The van der Waals surface area contributed by atoms with Crippen LogP contribution in [0.25, 0.3) is 11.3 Å². The minimum absolute atomic E-state index is 0.229. The van der Waals surface area contributed by atoms with Crippen LogP contribution in [0.2, 0.25) is 0 Å². The maximum atomic E-state index is 5.36. The number of rotatable bonds is 4. The molecule has 0 spiro atoms. The average molecular weight is 398 g/mol. The maximum Gasteiger partial charge on any atom is 0.263 e. The molecule has 0 radical (unpaired) electrons. The fourth-order valence-electron chi connectivity index (χ4n) is 2.29. The summed E-state index contributed by atoms with van der Waals surface area (Å²) in [5, 5.41) is 12.1. The highest BCUT2D eigenvalue weighted by molar-refractivity contribution is 9.10. The molecule has 3 aromatic rings. The molecule has 8 heteroatoms. The first-order chi connectivity index (χ1) is 12.3. The highest BCUT2D eigenvalue weighted by atomic mass is 79.9. The number of anilines is 1. The number of hydrazone groups is 1. The van der Waals surface area contributed by atoms with Crippen molar-refractivity contribution in [2.75, 3.05) is 12.2 Å². The topological polar surface area (TPSA) is 81.5 Å². The number of aromatic nitrogens is 3. The summed E-state index contributed by atoms with van der Waals surface area (Å²) in [7, 11) is 0. The molecule has 0 bridgehead atoms. The van der Waals surface area contributed by atoms with Crippen LogP contribution in [-0.2, 0) is 0 Å². The Balaban J connectivity index is 1.51. The molecule has 1 N–H and O–H groups in total. The van der Waals surface area contributed by atoms with Gasteiger partial charge < -0.3 is 9.47 Å². The van der Waals surface area contributed by atoms with Crippen molar-refractivity contribution >= 4 is 28.1 Å². The summed E-state index contributed by atoms with van der Waals surface area (Å²) in [5.74, 6) is 1.71. The average Bonchev–Trinajstić information content (AvgIpc) is 3.10. The van der Waals surface area contributed by atoms with Gasteiger partial charge in [-0.05, 0) is 28.1 Å². The Hall–Kier alpha value is -3.00. The Morgan fingerprint density at radius 1 is 1.12 bits per heavy atom. The molecule has 4 rings (SSSR count). The SMILES string of the molecule is Brc1cc2c(cc1C=NNc1nncc(-c3ccccc3)n1)OCO2. The quantitative estimate of drug-likeness (QED) is 0.536. The lowest BCUT2D eigenvalue weighted by atomic mass is 10.2. The number of hydrogen-bond acceptors (Lipinski definition) is 7. The lowest BCUT2D eigenvalue weighted by molar-refractivity contribution is 0.174. The van der Waals surface area contributed by atoms with Gasteiger partial charge in [0.1, 0.15) is 0 Å². The summed E-state index contributed by atoms with van der Waals surface area (Å²) in [6.45, 7) is 0.229. The molecule has 7 nitrogen and oxygen atoms in total. The molecule has 0 aliphatic carbocycles. The third-order valence-electron chi connectivity index (χ3n) is 3.49. The van der Waals surface area contributed by atoms with E-state index in [1.807, 2.05) is 42.5 Å². The summed E-state index contributed by atoms with van der Waals surface area (Å²) in [6.07, 6.45) is 3.25. The van der Waals surface area contributed by atoms with Gasteiger partial charge in [0.25, 0.3) is 5.95 Å². The first-order valence-corrected chi connectivity index (χ1v) is 8.22. The highest BCUT2D eigenvalue weighted by Gasteiger charge is 2.15. The lowest BCUT2D eigenvalue weighted by Gasteiger charge is -2.03. The smallest absolute Gasteiger partial charge is 0.263 e. The predicted molar refractivity (Wildman–Crippen MR) is 96.7 cm³/mol. The van der Waals surface area contributed by atoms with Crippen molar-refractivity contribution in [3.05, 3.63) is 58.7 Å². The third kappa shape index (κ3) is 3.43. The number of halogens is 1. The normalized spacial score (nSPS) is 12.5. The van der Waals surface area contributed by atoms with Crippen molar-refractivity contribution in [3.8, 4) is 22.8 Å². The Morgan fingerprint density at radius 2 is 1.92 bits per heavy atom. The van der Waals surface area contributed by atoms with Gasteiger partial charge in [0.05, 0.1) is 18.1 Å². The molecule has 2 aromatic carbocycles. The van der Waals surface area contributed by atoms with Crippen molar-refractivity contribution in [1.29, 1.82) is 0 Å². The van der Waals surface area contributed by atoms with Gasteiger partial charge in [-0.3, -0.25) is 0 Å². The van der Waals surface area contributed by atoms with Crippen molar-refractivity contribution in [3.63, 3.8) is 0 Å². The van der Waals surface area contributed by atoms with Crippen LogP contribution >= 0.6 is 15.9 Å². The number of ether oxygens (including phenoxy) is 2. The van der Waals surface area contributed by atoms with Gasteiger partial charge in [0.15, 0.2) is 11.5 Å². The molecular weight excluding hydrogens is 386 g/mol. The van der Waals surface area contributed by atoms with E-state index < -0.39 is 0 Å². The van der Waals surface area contributed by atoms with E-state index in [4.69, 9.17) is 9.47 Å². The molecule has 25 heavy (non-hydrogen) atoms. The molecule has 0 atom stereocenters. The van der Waals surface area contributed by atoms with Crippen molar-refractivity contribution in [2.45, 2.75) is 0 Å². The van der Waals surface area contributed by atoms with Gasteiger partial charge in [-0.1, -0.05) is 30.3 Å². The maximum absolute atomic E-state index is 5.36. The largest absolute Gasteiger partial charge is 0.454 e. The minimum Gasteiger partial charge on any atom is -0.454 e. The van der Waals surface area contributed by atoms with Crippen molar-refractivity contribution in [2.24, 2.45) is 5.10 Å². The summed E-state index contributed by atoms with van der Waals surface area (Å²) < 4.78 is 11.5. The molecule has 1 aliphatic heterocycles. The van der Waals surface area contributed by atoms with E-state index in [2.05, 4.69) is 41.6 Å². The number of hydrogen-bond donors (Lipinski definition) is 1. The van der Waals surface area contributed by atoms with E-state index >= 15 is 0 Å². The highest BCUT2D eigenvalue weighted by Crippen LogP contribution is 2.36. The number of fused-ring (bicyclic) bond motifs is 1. The van der Waals surface area contributed by atoms with E-state index in [0.717, 1.165) is 21.3 Å². The Bertz CT molecular complexity index is 934. The summed E-state index contributed by atoms with van der Waals surface area (Å²) in [4.78, 5) is 4.40. The summed E-state index contributed by atoms with van der Waals surface area (Å²) >= 11 is 3.48. The zero-order chi connectivity index (χ0) is 17.1. The fraction of sp³-hybridized carbons (Fsp3) is 0.0588. The zero-order valence-corrected chi connectivity index (χ0v) is 14.5. The molecular formula is C17H12BrN5O2. The Morgan fingerprint density at radius 3 is 2.76 bits per heavy atom. The third-order valence-corrected chi connectivity index (χ3v) is 4.18. The number of nitrogens with zero attached hydrogens (tertiary/aromatic N) is 4. The van der Waals surface area contributed by atoms with Crippen LogP contribution in [0.15, 0.2) is 58.2 Å². The van der Waals surface area contributed by atoms with Gasteiger partial charge >= 0.3 is 0 Å². The molecule has 0 amide bonds. The summed E-state index contributed by atoms with van der Waals surface area (Å²) in [6, 6.07) is 13.4. The van der Waals surface area contributed by atoms with E-state index in [1.165, 1.54) is 0 Å². The van der Waals surface area contributed by atoms with E-state index in [0.29, 0.717) is 17.4 Å². The molecule has 0 saturated carbocycles. The van der Waals surface area contributed by atoms with Crippen LogP contribution < -0.4 is 14.9 Å². The molecule has 0 saturated heterocycles. The Labute approximate surface area is 151 Å². The standard InChI is InChI=1S/C17H12BrN5O2/c18-13-7-16-15(24-10-25-16)6-12(13)8-19-22-17-21-14(9-20-23-17)11-4-2-1-3-5-11/h1-9H,10H2,(H,21,22,23). The Kier molecular flexibility index (Phi) is 4.26. The first-order valence-electron chi connectivity index (χ1n) is 7.43. The van der Waals surface area contributed by atoms with Gasteiger partial charge in [0, 0.05) is 15.6 Å². The van der Waals surface area contributed by atoms with Crippen LogP contribution in [0.3, 0.4) is 0 Å². The van der Waals surface area contributed by atoms with Crippen LogP contribution in [0.5, 0.6) is 11.5 Å². The second kappa shape index (κ2) is 6.86. The minimum atomic E-state index is 0.229. The van der Waals surface area contributed by atoms with Crippen LogP contribution in [0.4, 0.5) is 5.95 Å². The second-order valence-electron chi connectivity index (χ2n) is 5.13. The van der Waals surface area contributed by atoms with Gasteiger partial charge in [-0.25, -0.2) is 10.4 Å². The summed E-state index contributed by atoms with van der Waals surface area (Å²) in [5.41, 5.74) is 5.31. The van der Waals surface area contributed by atoms with Crippen molar-refractivity contribution < 1.29 is 9.47 Å².